The van der Waals surface area contributed by atoms with Crippen LogP contribution in [-0.4, -0.2) is 22.1 Å². The van der Waals surface area contributed by atoms with Gasteiger partial charge in [-0.2, -0.15) is 4.98 Å². The van der Waals surface area contributed by atoms with Crippen molar-refractivity contribution in [2.24, 2.45) is 0 Å². The molecule has 0 aliphatic heterocycles. The van der Waals surface area contributed by atoms with Gasteiger partial charge in [0.15, 0.2) is 5.82 Å². The average Bonchev–Trinajstić information content (AvgIpc) is 3.04. The number of hydrogen-bond donors (Lipinski definition) is 0. The second kappa shape index (κ2) is 6.50. The first kappa shape index (κ1) is 15.7. The topological polar surface area (TPSA) is 42.2 Å². The van der Waals surface area contributed by atoms with Gasteiger partial charge in [-0.05, 0) is 36.4 Å². The van der Waals surface area contributed by atoms with Gasteiger partial charge in [-0.1, -0.05) is 55.4 Å². The largest absolute Gasteiger partial charge is 0.338 e. The highest BCUT2D eigenvalue weighted by Gasteiger charge is 2.19. The molecule has 0 aliphatic rings. The average molecular weight is 309 g/mol. The Balaban J connectivity index is 1.74. The van der Waals surface area contributed by atoms with Gasteiger partial charge in [0.1, 0.15) is 0 Å². The SMILES string of the molecule is CC(C)c1noc(C(C)N(C)Cc2ccc3ccccc3c2)n1. The molecule has 0 N–H and O–H groups in total. The van der Waals surface area contributed by atoms with Crippen LogP contribution in [0, 0.1) is 0 Å². The Hall–Kier alpha value is -2.20. The molecule has 0 aliphatic carbocycles. The monoisotopic (exact) mass is 309 g/mol. The molecule has 120 valence electrons. The van der Waals surface area contributed by atoms with E-state index in [9.17, 15) is 0 Å². The summed E-state index contributed by atoms with van der Waals surface area (Å²) < 4.78 is 5.41. The molecule has 1 aromatic heterocycles. The number of hydrogen-bond acceptors (Lipinski definition) is 4. The molecule has 0 spiro atoms. The zero-order chi connectivity index (χ0) is 16.4. The van der Waals surface area contributed by atoms with Gasteiger partial charge < -0.3 is 4.52 Å². The first-order valence-corrected chi connectivity index (χ1v) is 8.06. The first-order chi connectivity index (χ1) is 11.0. The lowest BCUT2D eigenvalue weighted by molar-refractivity contribution is 0.202. The predicted octanol–water partition coefficient (Wildman–Crippen LogP) is 4.54. The van der Waals surface area contributed by atoms with E-state index in [0.717, 1.165) is 12.4 Å². The van der Waals surface area contributed by atoms with E-state index in [1.807, 2.05) is 0 Å². The Labute approximate surface area is 137 Å². The molecule has 3 aromatic rings. The second-order valence-corrected chi connectivity index (χ2v) is 6.42. The number of nitrogens with zero attached hydrogens (tertiary/aromatic N) is 3. The van der Waals surface area contributed by atoms with Crippen LogP contribution in [-0.2, 0) is 6.54 Å². The van der Waals surface area contributed by atoms with Crippen molar-refractivity contribution in [2.45, 2.75) is 39.3 Å². The molecule has 2 aromatic carbocycles. The van der Waals surface area contributed by atoms with E-state index < -0.39 is 0 Å². The third kappa shape index (κ3) is 3.42. The van der Waals surface area contributed by atoms with Gasteiger partial charge in [-0.3, -0.25) is 4.90 Å². The molecule has 3 rings (SSSR count). The Morgan fingerprint density at radius 2 is 1.78 bits per heavy atom. The standard InChI is InChI=1S/C19H23N3O/c1-13(2)18-20-19(23-21-18)14(3)22(4)12-15-9-10-16-7-5-6-8-17(16)11-15/h5-11,13-14H,12H2,1-4H3. The number of benzene rings is 2. The van der Waals surface area contributed by atoms with E-state index in [2.05, 4.69) is 85.3 Å². The molecule has 1 atom stereocenters. The summed E-state index contributed by atoms with van der Waals surface area (Å²) in [5, 5.41) is 6.59. The minimum Gasteiger partial charge on any atom is -0.338 e. The Morgan fingerprint density at radius 3 is 2.48 bits per heavy atom. The van der Waals surface area contributed by atoms with E-state index in [-0.39, 0.29) is 12.0 Å². The third-order valence-electron chi connectivity index (χ3n) is 4.24. The van der Waals surface area contributed by atoms with Crippen LogP contribution in [0.15, 0.2) is 47.0 Å². The van der Waals surface area contributed by atoms with Crippen molar-refractivity contribution >= 4 is 10.8 Å². The summed E-state index contributed by atoms with van der Waals surface area (Å²) in [7, 11) is 2.08. The Bertz CT molecular complexity index is 794. The fourth-order valence-electron chi connectivity index (χ4n) is 2.60. The lowest BCUT2D eigenvalue weighted by Crippen LogP contribution is -2.22. The third-order valence-corrected chi connectivity index (χ3v) is 4.24. The minimum absolute atomic E-state index is 0.0847. The molecule has 0 saturated heterocycles. The normalized spacial score (nSPS) is 13.1. The van der Waals surface area contributed by atoms with Crippen molar-refractivity contribution in [2.75, 3.05) is 7.05 Å². The lowest BCUT2D eigenvalue weighted by atomic mass is 10.1. The van der Waals surface area contributed by atoms with Crippen molar-refractivity contribution in [3.8, 4) is 0 Å². The van der Waals surface area contributed by atoms with E-state index >= 15 is 0 Å². The highest BCUT2D eigenvalue weighted by molar-refractivity contribution is 5.82. The van der Waals surface area contributed by atoms with Crippen LogP contribution in [0.2, 0.25) is 0 Å². The van der Waals surface area contributed by atoms with Crippen LogP contribution in [0.1, 0.15) is 50.0 Å². The fourth-order valence-corrected chi connectivity index (χ4v) is 2.60. The molecule has 1 unspecified atom stereocenters. The molecule has 0 radical (unpaired) electrons. The predicted molar refractivity (Wildman–Crippen MR) is 92.2 cm³/mol. The first-order valence-electron chi connectivity index (χ1n) is 8.06. The maximum absolute atomic E-state index is 5.41. The van der Waals surface area contributed by atoms with Gasteiger partial charge in [0, 0.05) is 12.5 Å². The van der Waals surface area contributed by atoms with Crippen LogP contribution < -0.4 is 0 Å². The van der Waals surface area contributed by atoms with Crippen LogP contribution in [0.5, 0.6) is 0 Å². The van der Waals surface area contributed by atoms with Gasteiger partial charge in [0.05, 0.1) is 6.04 Å². The smallest absolute Gasteiger partial charge is 0.243 e. The summed E-state index contributed by atoms with van der Waals surface area (Å²) >= 11 is 0. The zero-order valence-electron chi connectivity index (χ0n) is 14.2. The van der Waals surface area contributed by atoms with E-state index in [1.54, 1.807) is 0 Å². The van der Waals surface area contributed by atoms with Crippen molar-refractivity contribution in [1.29, 1.82) is 0 Å². The Morgan fingerprint density at radius 1 is 1.04 bits per heavy atom. The van der Waals surface area contributed by atoms with E-state index in [0.29, 0.717) is 5.89 Å². The molecule has 1 heterocycles. The highest BCUT2D eigenvalue weighted by Crippen LogP contribution is 2.22. The lowest BCUT2D eigenvalue weighted by Gasteiger charge is -2.21. The summed E-state index contributed by atoms with van der Waals surface area (Å²) in [4.78, 5) is 6.73. The second-order valence-electron chi connectivity index (χ2n) is 6.42. The van der Waals surface area contributed by atoms with Crippen molar-refractivity contribution in [3.05, 3.63) is 59.7 Å². The van der Waals surface area contributed by atoms with Crippen LogP contribution in [0.25, 0.3) is 10.8 Å². The molecule has 4 nitrogen and oxygen atoms in total. The maximum Gasteiger partial charge on any atom is 0.243 e. The number of aromatic nitrogens is 2. The number of rotatable bonds is 5. The van der Waals surface area contributed by atoms with Crippen LogP contribution in [0.4, 0.5) is 0 Å². The van der Waals surface area contributed by atoms with Gasteiger partial charge in [-0.15, -0.1) is 0 Å². The summed E-state index contributed by atoms with van der Waals surface area (Å²) in [6.07, 6.45) is 0. The van der Waals surface area contributed by atoms with Crippen molar-refractivity contribution < 1.29 is 4.52 Å². The van der Waals surface area contributed by atoms with Gasteiger partial charge >= 0.3 is 0 Å². The van der Waals surface area contributed by atoms with Crippen LogP contribution in [0.3, 0.4) is 0 Å². The molecule has 23 heavy (non-hydrogen) atoms. The van der Waals surface area contributed by atoms with E-state index in [1.165, 1.54) is 16.3 Å². The zero-order valence-corrected chi connectivity index (χ0v) is 14.2. The highest BCUT2D eigenvalue weighted by atomic mass is 16.5. The molecular weight excluding hydrogens is 286 g/mol. The molecular formula is C19H23N3O. The molecule has 0 amide bonds. The van der Waals surface area contributed by atoms with Crippen molar-refractivity contribution in [3.63, 3.8) is 0 Å². The summed E-state index contributed by atoms with van der Waals surface area (Å²) in [5.41, 5.74) is 1.28. The Kier molecular flexibility index (Phi) is 4.44. The quantitative estimate of drug-likeness (QED) is 0.694. The van der Waals surface area contributed by atoms with Gasteiger partial charge in [-0.25, -0.2) is 0 Å². The van der Waals surface area contributed by atoms with Gasteiger partial charge in [0.25, 0.3) is 0 Å². The van der Waals surface area contributed by atoms with E-state index in [4.69, 9.17) is 4.52 Å². The maximum atomic E-state index is 5.41. The molecule has 0 saturated carbocycles. The summed E-state index contributed by atoms with van der Waals surface area (Å²) in [5.74, 6) is 1.73. The summed E-state index contributed by atoms with van der Waals surface area (Å²) in [6, 6.07) is 15.1. The molecule has 0 bridgehead atoms. The minimum atomic E-state index is 0.0847. The molecule has 4 heteroatoms. The van der Waals surface area contributed by atoms with Crippen LogP contribution >= 0.6 is 0 Å². The summed E-state index contributed by atoms with van der Waals surface area (Å²) in [6.45, 7) is 7.07. The number of fused-ring (bicyclic) bond motifs is 1. The fraction of sp³-hybridized carbons (Fsp3) is 0.368. The van der Waals surface area contributed by atoms with Gasteiger partial charge in [0.2, 0.25) is 5.89 Å². The molecule has 0 fully saturated rings. The van der Waals surface area contributed by atoms with Crippen molar-refractivity contribution in [1.82, 2.24) is 15.0 Å².